The SMILES string of the molecule is CCCCCCCCCCOc1ccc(C(=O)Nc2ccc(C#N)ccc2=O)cc1. The average molecular weight is 407 g/mol. The quantitative estimate of drug-likeness (QED) is 0.459. The first-order valence-corrected chi connectivity index (χ1v) is 10.7. The lowest BCUT2D eigenvalue weighted by Crippen LogP contribution is -2.16. The molecule has 0 aliphatic rings. The summed E-state index contributed by atoms with van der Waals surface area (Å²) in [6, 6.07) is 14.5. The highest BCUT2D eigenvalue weighted by atomic mass is 16.5. The summed E-state index contributed by atoms with van der Waals surface area (Å²) in [7, 11) is 0. The molecule has 0 fully saturated rings. The van der Waals surface area contributed by atoms with Crippen LogP contribution in [0.1, 0.15) is 74.2 Å². The van der Waals surface area contributed by atoms with Crippen LogP contribution in [0.2, 0.25) is 0 Å². The van der Waals surface area contributed by atoms with Gasteiger partial charge in [-0.1, -0.05) is 51.9 Å². The maximum absolute atomic E-state index is 12.4. The van der Waals surface area contributed by atoms with E-state index in [0.29, 0.717) is 17.7 Å². The van der Waals surface area contributed by atoms with Crippen molar-refractivity contribution in [3.05, 3.63) is 69.9 Å². The van der Waals surface area contributed by atoms with Crippen molar-refractivity contribution in [2.45, 2.75) is 58.3 Å². The predicted molar refractivity (Wildman–Crippen MR) is 120 cm³/mol. The number of rotatable bonds is 12. The van der Waals surface area contributed by atoms with Gasteiger partial charge in [0.25, 0.3) is 5.91 Å². The molecule has 158 valence electrons. The lowest BCUT2D eigenvalue weighted by atomic mass is 10.1. The van der Waals surface area contributed by atoms with Crippen molar-refractivity contribution in [1.29, 1.82) is 5.26 Å². The fourth-order valence-corrected chi connectivity index (χ4v) is 3.07. The summed E-state index contributed by atoms with van der Waals surface area (Å²) in [4.78, 5) is 24.4. The zero-order chi connectivity index (χ0) is 21.6. The molecule has 0 aromatic heterocycles. The molecule has 0 saturated heterocycles. The van der Waals surface area contributed by atoms with Gasteiger partial charge in [-0.05, 0) is 55.0 Å². The lowest BCUT2D eigenvalue weighted by Gasteiger charge is -2.08. The van der Waals surface area contributed by atoms with Crippen LogP contribution in [-0.2, 0) is 0 Å². The van der Waals surface area contributed by atoms with Crippen molar-refractivity contribution >= 4 is 11.6 Å². The van der Waals surface area contributed by atoms with E-state index in [2.05, 4.69) is 12.2 Å². The van der Waals surface area contributed by atoms with Crippen LogP contribution in [0.5, 0.6) is 5.75 Å². The Hall–Kier alpha value is -3.13. The van der Waals surface area contributed by atoms with E-state index >= 15 is 0 Å². The molecule has 0 aliphatic heterocycles. The second kappa shape index (κ2) is 13.2. The molecule has 0 saturated carbocycles. The number of nitrogens with zero attached hydrogens (tertiary/aromatic N) is 1. The Morgan fingerprint density at radius 2 is 1.53 bits per heavy atom. The van der Waals surface area contributed by atoms with Gasteiger partial charge in [-0.15, -0.1) is 0 Å². The second-order valence-corrected chi connectivity index (χ2v) is 7.31. The van der Waals surface area contributed by atoms with Crippen molar-refractivity contribution in [3.8, 4) is 11.8 Å². The van der Waals surface area contributed by atoms with Crippen LogP contribution >= 0.6 is 0 Å². The number of nitrogens with one attached hydrogen (secondary N) is 1. The molecule has 0 aliphatic carbocycles. The van der Waals surface area contributed by atoms with Crippen LogP contribution in [0, 0.1) is 11.3 Å². The molecule has 2 aromatic carbocycles. The van der Waals surface area contributed by atoms with Crippen molar-refractivity contribution < 1.29 is 9.53 Å². The molecule has 0 heterocycles. The van der Waals surface area contributed by atoms with Crippen LogP contribution < -0.4 is 15.5 Å². The third-order valence-corrected chi connectivity index (χ3v) is 4.87. The first-order valence-electron chi connectivity index (χ1n) is 10.7. The summed E-state index contributed by atoms with van der Waals surface area (Å²) < 4.78 is 5.75. The van der Waals surface area contributed by atoms with Gasteiger partial charge in [0.2, 0.25) is 5.43 Å². The second-order valence-electron chi connectivity index (χ2n) is 7.31. The molecule has 1 N–H and O–H groups in total. The molecule has 2 rings (SSSR count). The van der Waals surface area contributed by atoms with Crippen molar-refractivity contribution in [2.24, 2.45) is 0 Å². The highest BCUT2D eigenvalue weighted by Crippen LogP contribution is 2.15. The van der Waals surface area contributed by atoms with Crippen molar-refractivity contribution in [2.75, 3.05) is 11.9 Å². The summed E-state index contributed by atoms with van der Waals surface area (Å²) in [5.41, 5.74) is 0.568. The predicted octanol–water partition coefficient (Wildman–Crippen LogP) is 5.69. The minimum absolute atomic E-state index is 0.136. The highest BCUT2D eigenvalue weighted by Gasteiger charge is 2.08. The smallest absolute Gasteiger partial charge is 0.255 e. The Morgan fingerprint density at radius 3 is 2.20 bits per heavy atom. The zero-order valence-corrected chi connectivity index (χ0v) is 17.7. The largest absolute Gasteiger partial charge is 0.494 e. The zero-order valence-electron chi connectivity index (χ0n) is 17.7. The van der Waals surface area contributed by atoms with E-state index in [1.165, 1.54) is 69.2 Å². The minimum Gasteiger partial charge on any atom is -0.494 e. The van der Waals surface area contributed by atoms with Gasteiger partial charge < -0.3 is 10.1 Å². The Bertz CT molecular complexity index is 901. The van der Waals surface area contributed by atoms with Crippen LogP contribution in [0.15, 0.2) is 53.3 Å². The van der Waals surface area contributed by atoms with E-state index in [4.69, 9.17) is 10.00 Å². The fourth-order valence-electron chi connectivity index (χ4n) is 3.07. The van der Waals surface area contributed by atoms with E-state index in [-0.39, 0.29) is 17.0 Å². The number of hydrogen-bond donors (Lipinski definition) is 1. The van der Waals surface area contributed by atoms with Gasteiger partial charge in [-0.25, -0.2) is 0 Å². The summed E-state index contributed by atoms with van der Waals surface area (Å²) in [6.45, 7) is 2.90. The van der Waals surface area contributed by atoms with Crippen LogP contribution in [0.4, 0.5) is 5.69 Å². The van der Waals surface area contributed by atoms with Crippen LogP contribution in [-0.4, -0.2) is 12.5 Å². The number of benzene rings is 1. The lowest BCUT2D eigenvalue weighted by molar-refractivity contribution is 0.102. The Morgan fingerprint density at radius 1 is 0.900 bits per heavy atom. The molecule has 0 spiro atoms. The summed E-state index contributed by atoms with van der Waals surface area (Å²) in [5.74, 6) is 0.343. The van der Waals surface area contributed by atoms with E-state index in [1.807, 2.05) is 6.07 Å². The maximum atomic E-state index is 12.4. The van der Waals surface area contributed by atoms with Crippen molar-refractivity contribution in [3.63, 3.8) is 0 Å². The number of ether oxygens (including phenoxy) is 1. The molecule has 5 heteroatoms. The third kappa shape index (κ3) is 8.08. The van der Waals surface area contributed by atoms with Gasteiger partial charge in [-0.2, -0.15) is 5.26 Å². The molecule has 2 aromatic rings. The molecule has 0 bridgehead atoms. The number of unbranched alkanes of at least 4 members (excludes halogenated alkanes) is 7. The molecular formula is C25H30N2O3. The summed E-state index contributed by atoms with van der Waals surface area (Å²) in [6.07, 6.45) is 10.0. The molecular weight excluding hydrogens is 376 g/mol. The Balaban J connectivity index is 1.76. The molecule has 0 atom stereocenters. The Labute approximate surface area is 178 Å². The maximum Gasteiger partial charge on any atom is 0.255 e. The number of hydrogen-bond acceptors (Lipinski definition) is 4. The van der Waals surface area contributed by atoms with Gasteiger partial charge in [0, 0.05) is 5.56 Å². The van der Waals surface area contributed by atoms with Gasteiger partial charge >= 0.3 is 0 Å². The van der Waals surface area contributed by atoms with E-state index in [1.54, 1.807) is 24.3 Å². The topological polar surface area (TPSA) is 79.2 Å². The monoisotopic (exact) mass is 406 g/mol. The fraction of sp³-hybridized carbons (Fsp3) is 0.400. The normalized spacial score (nSPS) is 10.3. The molecule has 30 heavy (non-hydrogen) atoms. The van der Waals surface area contributed by atoms with E-state index in [0.717, 1.165) is 12.2 Å². The van der Waals surface area contributed by atoms with Crippen LogP contribution in [0.3, 0.4) is 0 Å². The van der Waals surface area contributed by atoms with E-state index < -0.39 is 0 Å². The number of amides is 1. The molecule has 0 unspecified atom stereocenters. The summed E-state index contributed by atoms with van der Waals surface area (Å²) >= 11 is 0. The molecule has 1 amide bonds. The molecule has 5 nitrogen and oxygen atoms in total. The first-order chi connectivity index (χ1) is 14.6. The third-order valence-electron chi connectivity index (χ3n) is 4.87. The standard InChI is InChI=1S/C25H30N2O3/c1-2-3-4-5-6-7-8-9-18-30-22-14-12-21(13-15-22)25(29)27-23-16-10-20(19-26)11-17-24(23)28/h10-17H,2-9,18H2,1H3,(H,27,28,29). The number of nitriles is 1. The van der Waals surface area contributed by atoms with Gasteiger partial charge in [0.1, 0.15) is 5.75 Å². The first kappa shape index (κ1) is 23.2. The number of anilines is 1. The van der Waals surface area contributed by atoms with Gasteiger partial charge in [-0.3, -0.25) is 9.59 Å². The minimum atomic E-state index is -0.383. The highest BCUT2D eigenvalue weighted by molar-refractivity contribution is 6.04. The average Bonchev–Trinajstić information content (AvgIpc) is 2.94. The van der Waals surface area contributed by atoms with Crippen molar-refractivity contribution in [1.82, 2.24) is 0 Å². The molecule has 0 radical (unpaired) electrons. The Kier molecular flexibility index (Phi) is 10.2. The number of carbonyl (C=O) groups is 1. The number of carbonyl (C=O) groups excluding carboxylic acids is 1. The van der Waals surface area contributed by atoms with Gasteiger partial charge in [0.05, 0.1) is 23.9 Å². The van der Waals surface area contributed by atoms with Crippen LogP contribution in [0.25, 0.3) is 0 Å². The van der Waals surface area contributed by atoms with E-state index in [9.17, 15) is 9.59 Å². The van der Waals surface area contributed by atoms with Gasteiger partial charge in [0.15, 0.2) is 0 Å². The summed E-state index contributed by atoms with van der Waals surface area (Å²) in [5, 5.41) is 11.5.